The van der Waals surface area contributed by atoms with E-state index in [1.54, 1.807) is 43.6 Å². The summed E-state index contributed by atoms with van der Waals surface area (Å²) in [5.41, 5.74) is 2.60. The van der Waals surface area contributed by atoms with Crippen molar-refractivity contribution < 1.29 is 27.5 Å². The highest BCUT2D eigenvalue weighted by molar-refractivity contribution is 7.20. The maximum atomic E-state index is 12.6. The number of benzene rings is 1. The Hall–Kier alpha value is -3.31. The van der Waals surface area contributed by atoms with Crippen molar-refractivity contribution in [2.75, 3.05) is 12.1 Å². The summed E-state index contributed by atoms with van der Waals surface area (Å²) in [4.78, 5) is 20.9. The fourth-order valence-electron chi connectivity index (χ4n) is 2.58. The van der Waals surface area contributed by atoms with Crippen LogP contribution in [0.5, 0.6) is 11.5 Å². The Kier molecular flexibility index (Phi) is 4.76. The molecule has 0 unspecified atom stereocenters. The van der Waals surface area contributed by atoms with Crippen molar-refractivity contribution in [3.8, 4) is 11.5 Å². The fourth-order valence-corrected chi connectivity index (χ4v) is 3.57. The number of halogens is 3. The van der Waals surface area contributed by atoms with Crippen LogP contribution in [0.4, 0.5) is 18.9 Å². The summed E-state index contributed by atoms with van der Waals surface area (Å²) in [6.07, 6.45) is -0.590. The first kappa shape index (κ1) is 19.0. The van der Waals surface area contributed by atoms with Gasteiger partial charge in [-0.05, 0) is 30.3 Å². The van der Waals surface area contributed by atoms with E-state index in [1.807, 2.05) is 0 Å². The monoisotopic (exact) mass is 422 g/mol. The minimum absolute atomic E-state index is 0.201. The molecule has 29 heavy (non-hydrogen) atoms. The van der Waals surface area contributed by atoms with Gasteiger partial charge < -0.3 is 14.9 Å². The van der Waals surface area contributed by atoms with Crippen molar-refractivity contribution >= 4 is 33.0 Å². The van der Waals surface area contributed by atoms with Crippen LogP contribution in [-0.2, 0) is 4.84 Å². The van der Waals surface area contributed by atoms with E-state index < -0.39 is 11.9 Å². The topological polar surface area (TPSA) is 75.7 Å². The van der Waals surface area contributed by atoms with Crippen molar-refractivity contribution in [2.24, 2.45) is 0 Å². The maximum Gasteiger partial charge on any atom is 0.453 e. The minimum atomic E-state index is -4.58. The molecule has 7 nitrogen and oxygen atoms in total. The van der Waals surface area contributed by atoms with E-state index in [9.17, 15) is 18.0 Å². The molecule has 0 aliphatic carbocycles. The molecule has 0 fully saturated rings. The molecule has 1 aliphatic rings. The molecule has 0 saturated heterocycles. The molecule has 2 aromatic heterocycles. The average Bonchev–Trinajstić information content (AvgIpc) is 3.36. The van der Waals surface area contributed by atoms with Crippen LogP contribution in [0.1, 0.15) is 9.67 Å². The number of pyridine rings is 1. The number of carbonyl (C=O) groups is 1. The standard InChI is InChI=1S/C18H13F3N4O3S/c1-22-17(26)14-6-12-13(7-23-8-15(12)29-14)27-11-4-2-10(3-5-11)25-9-16(28-24-25)18(19,20)21/h2-9,24H,1H3,(H,22,26). The Labute approximate surface area is 166 Å². The highest BCUT2D eigenvalue weighted by Gasteiger charge is 2.40. The quantitative estimate of drug-likeness (QED) is 0.659. The third-order valence-electron chi connectivity index (χ3n) is 3.98. The molecule has 0 saturated carbocycles. The molecule has 4 rings (SSSR count). The molecule has 0 bridgehead atoms. The van der Waals surface area contributed by atoms with Crippen molar-refractivity contribution in [3.05, 3.63) is 59.6 Å². The molecular formula is C18H13F3N4O3S. The van der Waals surface area contributed by atoms with Gasteiger partial charge >= 0.3 is 6.18 Å². The number of aromatic nitrogens is 1. The molecule has 3 aromatic rings. The third-order valence-corrected chi connectivity index (χ3v) is 5.05. The van der Waals surface area contributed by atoms with Gasteiger partial charge in [-0.3, -0.25) is 9.78 Å². The van der Waals surface area contributed by atoms with E-state index >= 15 is 0 Å². The number of fused-ring (bicyclic) bond motifs is 1. The van der Waals surface area contributed by atoms with Crippen LogP contribution in [0.15, 0.2) is 54.7 Å². The van der Waals surface area contributed by atoms with Gasteiger partial charge in [0.2, 0.25) is 5.76 Å². The predicted molar refractivity (Wildman–Crippen MR) is 100 cm³/mol. The first-order valence-corrected chi connectivity index (χ1v) is 9.05. The van der Waals surface area contributed by atoms with E-state index in [2.05, 4.69) is 20.7 Å². The Morgan fingerprint density at radius 1 is 1.28 bits per heavy atom. The number of rotatable bonds is 4. The van der Waals surface area contributed by atoms with Crippen LogP contribution in [-0.4, -0.2) is 24.1 Å². The van der Waals surface area contributed by atoms with Gasteiger partial charge in [0, 0.05) is 18.6 Å². The fraction of sp³-hybridized carbons (Fsp3) is 0.111. The van der Waals surface area contributed by atoms with Gasteiger partial charge in [0.1, 0.15) is 5.75 Å². The van der Waals surface area contributed by atoms with E-state index in [4.69, 9.17) is 4.74 Å². The lowest BCUT2D eigenvalue weighted by molar-refractivity contribution is -0.136. The number of nitrogens with one attached hydrogen (secondary N) is 2. The summed E-state index contributed by atoms with van der Waals surface area (Å²) in [6.45, 7) is 0. The number of amides is 1. The van der Waals surface area contributed by atoms with Crippen molar-refractivity contribution in [2.45, 2.75) is 6.18 Å². The van der Waals surface area contributed by atoms with E-state index in [0.717, 1.165) is 21.3 Å². The summed E-state index contributed by atoms with van der Waals surface area (Å²) in [5, 5.41) is 4.41. The molecule has 1 aromatic carbocycles. The zero-order chi connectivity index (χ0) is 20.6. The highest BCUT2D eigenvalue weighted by atomic mass is 32.1. The summed E-state index contributed by atoms with van der Waals surface area (Å²) < 4.78 is 44.6. The molecule has 3 heterocycles. The molecule has 2 N–H and O–H groups in total. The van der Waals surface area contributed by atoms with Gasteiger partial charge in [-0.25, -0.2) is 5.01 Å². The summed E-state index contributed by atoms with van der Waals surface area (Å²) >= 11 is 1.29. The van der Waals surface area contributed by atoms with Crippen LogP contribution in [0.25, 0.3) is 10.1 Å². The van der Waals surface area contributed by atoms with Gasteiger partial charge in [-0.1, -0.05) is 5.59 Å². The van der Waals surface area contributed by atoms with Gasteiger partial charge in [0.15, 0.2) is 5.75 Å². The van der Waals surface area contributed by atoms with Crippen LogP contribution in [0.3, 0.4) is 0 Å². The molecule has 0 radical (unpaired) electrons. The molecule has 0 spiro atoms. The molecule has 1 amide bonds. The largest absolute Gasteiger partial charge is 0.455 e. The second kappa shape index (κ2) is 7.26. The average molecular weight is 422 g/mol. The van der Waals surface area contributed by atoms with E-state index in [-0.39, 0.29) is 5.91 Å². The number of hydrogen-bond donors (Lipinski definition) is 2. The predicted octanol–water partition coefficient (Wildman–Crippen LogP) is 4.11. The summed E-state index contributed by atoms with van der Waals surface area (Å²) in [6, 6.07) is 8.05. The third kappa shape index (κ3) is 3.82. The number of allylic oxidation sites excluding steroid dienone is 1. The Bertz CT molecular complexity index is 1100. The Balaban J connectivity index is 1.55. The first-order valence-electron chi connectivity index (χ1n) is 8.23. The van der Waals surface area contributed by atoms with Crippen molar-refractivity contribution in [1.29, 1.82) is 0 Å². The second-order valence-electron chi connectivity index (χ2n) is 5.89. The van der Waals surface area contributed by atoms with Crippen molar-refractivity contribution in [3.63, 3.8) is 0 Å². The van der Waals surface area contributed by atoms with Crippen LogP contribution < -0.4 is 20.7 Å². The Morgan fingerprint density at radius 2 is 2.03 bits per heavy atom. The lowest BCUT2D eigenvalue weighted by Gasteiger charge is -2.14. The number of anilines is 1. The number of thiophene rings is 1. The SMILES string of the molecule is CNC(=O)c1cc2c(Oc3ccc(N4C=C(C(F)(F)F)ON4)cc3)cncc2s1. The number of ether oxygens (including phenoxy) is 1. The number of carbonyl (C=O) groups excluding carboxylic acids is 1. The lowest BCUT2D eigenvalue weighted by Crippen LogP contribution is -2.27. The number of alkyl halides is 3. The van der Waals surface area contributed by atoms with Crippen LogP contribution >= 0.6 is 11.3 Å². The van der Waals surface area contributed by atoms with Gasteiger partial charge in [0.25, 0.3) is 5.91 Å². The molecule has 150 valence electrons. The zero-order valence-electron chi connectivity index (χ0n) is 14.8. The number of hydrazine groups is 1. The normalized spacial score (nSPS) is 13.9. The smallest absolute Gasteiger partial charge is 0.453 e. The Morgan fingerprint density at radius 3 is 2.69 bits per heavy atom. The molecular weight excluding hydrogens is 409 g/mol. The lowest BCUT2D eigenvalue weighted by atomic mass is 10.2. The van der Waals surface area contributed by atoms with Crippen molar-refractivity contribution in [1.82, 2.24) is 15.9 Å². The number of nitrogens with zero attached hydrogens (tertiary/aromatic N) is 2. The van der Waals surface area contributed by atoms with Crippen LogP contribution in [0, 0.1) is 0 Å². The van der Waals surface area contributed by atoms with Gasteiger partial charge in [-0.15, -0.1) is 11.3 Å². The van der Waals surface area contributed by atoms with Gasteiger partial charge in [-0.2, -0.15) is 13.2 Å². The minimum Gasteiger partial charge on any atom is -0.455 e. The highest BCUT2D eigenvalue weighted by Crippen LogP contribution is 2.35. The maximum absolute atomic E-state index is 12.6. The first-order chi connectivity index (χ1) is 13.8. The van der Waals surface area contributed by atoms with Gasteiger partial charge in [0.05, 0.1) is 27.7 Å². The van der Waals surface area contributed by atoms with E-state index in [0.29, 0.717) is 22.1 Å². The molecule has 0 atom stereocenters. The summed E-state index contributed by atoms with van der Waals surface area (Å²) in [5.74, 6) is -0.424. The molecule has 1 aliphatic heterocycles. The van der Waals surface area contributed by atoms with Crippen LogP contribution in [0.2, 0.25) is 0 Å². The van der Waals surface area contributed by atoms with E-state index in [1.165, 1.54) is 17.5 Å². The molecule has 11 heteroatoms. The summed E-state index contributed by atoms with van der Waals surface area (Å²) in [7, 11) is 1.55. The number of hydrogen-bond acceptors (Lipinski definition) is 7. The zero-order valence-corrected chi connectivity index (χ0v) is 15.6. The second-order valence-corrected chi connectivity index (χ2v) is 6.97.